The molecule has 1 aromatic carbocycles. The molecule has 1 aliphatic heterocycles. The van der Waals surface area contributed by atoms with Crippen LogP contribution in [-0.4, -0.2) is 33.9 Å². The van der Waals surface area contributed by atoms with E-state index in [9.17, 15) is 9.18 Å². The van der Waals surface area contributed by atoms with Gasteiger partial charge in [0.15, 0.2) is 0 Å². The number of aryl methyl sites for hydroxylation is 1. The summed E-state index contributed by atoms with van der Waals surface area (Å²) in [4.78, 5) is 22.8. The summed E-state index contributed by atoms with van der Waals surface area (Å²) in [5.74, 6) is 0.851. The fraction of sp³-hybridized carbons (Fsp3) is 0.353. The number of benzene rings is 1. The number of likely N-dealkylation sites (tertiary alicyclic amines) is 1. The number of carbonyl (C=O) groups is 1. The molecule has 1 aliphatic rings. The van der Waals surface area contributed by atoms with Crippen molar-refractivity contribution in [2.75, 3.05) is 18.4 Å². The third-order valence-corrected chi connectivity index (χ3v) is 3.84. The molecule has 1 N–H and O–H groups in total. The van der Waals surface area contributed by atoms with Gasteiger partial charge in [0.2, 0.25) is 0 Å². The Balaban J connectivity index is 1.72. The van der Waals surface area contributed by atoms with Gasteiger partial charge in [-0.15, -0.1) is 0 Å². The number of anilines is 1. The van der Waals surface area contributed by atoms with Gasteiger partial charge in [0.05, 0.1) is 0 Å². The van der Waals surface area contributed by atoms with Crippen molar-refractivity contribution in [3.05, 3.63) is 53.2 Å². The first-order chi connectivity index (χ1) is 11.1. The zero-order chi connectivity index (χ0) is 16.2. The van der Waals surface area contributed by atoms with Gasteiger partial charge in [-0.05, 0) is 37.5 Å². The number of rotatable bonds is 4. The SMILES string of the molecule is Cc1nc(NCc2ccc(F)cc2)cc(C(=O)N2CCCC2)n1. The van der Waals surface area contributed by atoms with Crippen molar-refractivity contribution in [2.24, 2.45) is 0 Å². The Bertz CT molecular complexity index is 696. The molecule has 120 valence electrons. The van der Waals surface area contributed by atoms with Crippen LogP contribution >= 0.6 is 0 Å². The van der Waals surface area contributed by atoms with Gasteiger partial charge in [-0.2, -0.15) is 0 Å². The smallest absolute Gasteiger partial charge is 0.272 e. The maximum Gasteiger partial charge on any atom is 0.272 e. The quantitative estimate of drug-likeness (QED) is 0.943. The summed E-state index contributed by atoms with van der Waals surface area (Å²) in [7, 11) is 0. The van der Waals surface area contributed by atoms with Gasteiger partial charge in [0.1, 0.15) is 23.2 Å². The zero-order valence-electron chi connectivity index (χ0n) is 13.1. The standard InChI is InChI=1S/C17H19FN4O/c1-12-20-15(17(23)22-8-2-3-9-22)10-16(21-12)19-11-13-4-6-14(18)7-5-13/h4-7,10H,2-3,8-9,11H2,1H3,(H,19,20,21). The van der Waals surface area contributed by atoms with Gasteiger partial charge in [-0.3, -0.25) is 4.79 Å². The highest BCUT2D eigenvalue weighted by atomic mass is 19.1. The first-order valence-corrected chi connectivity index (χ1v) is 7.75. The number of amides is 1. The average Bonchev–Trinajstić information content (AvgIpc) is 3.07. The van der Waals surface area contributed by atoms with Crippen LogP contribution in [0.3, 0.4) is 0 Å². The van der Waals surface area contributed by atoms with Crippen LogP contribution in [0, 0.1) is 12.7 Å². The number of hydrogen-bond acceptors (Lipinski definition) is 4. The molecule has 6 heteroatoms. The van der Waals surface area contributed by atoms with Crippen LogP contribution in [0.1, 0.15) is 34.7 Å². The normalized spacial score (nSPS) is 14.1. The second-order valence-corrected chi connectivity index (χ2v) is 5.66. The lowest BCUT2D eigenvalue weighted by atomic mass is 10.2. The van der Waals surface area contributed by atoms with E-state index >= 15 is 0 Å². The summed E-state index contributed by atoms with van der Waals surface area (Å²) >= 11 is 0. The molecule has 0 atom stereocenters. The lowest BCUT2D eigenvalue weighted by Gasteiger charge is -2.15. The molecule has 0 radical (unpaired) electrons. The molecule has 0 unspecified atom stereocenters. The molecule has 0 spiro atoms. The van der Waals surface area contributed by atoms with E-state index in [0.717, 1.165) is 31.5 Å². The number of halogens is 1. The lowest BCUT2D eigenvalue weighted by Crippen LogP contribution is -2.28. The van der Waals surface area contributed by atoms with E-state index in [1.807, 2.05) is 4.90 Å². The van der Waals surface area contributed by atoms with Crippen molar-refractivity contribution < 1.29 is 9.18 Å². The van der Waals surface area contributed by atoms with E-state index in [-0.39, 0.29) is 11.7 Å². The van der Waals surface area contributed by atoms with Gasteiger partial charge in [-0.25, -0.2) is 14.4 Å². The first-order valence-electron chi connectivity index (χ1n) is 7.75. The highest BCUT2D eigenvalue weighted by molar-refractivity contribution is 5.93. The fourth-order valence-corrected chi connectivity index (χ4v) is 2.64. The summed E-state index contributed by atoms with van der Waals surface area (Å²) in [6, 6.07) is 7.95. The molecular weight excluding hydrogens is 295 g/mol. The van der Waals surface area contributed by atoms with Gasteiger partial charge in [0, 0.05) is 25.7 Å². The van der Waals surface area contributed by atoms with Gasteiger partial charge >= 0.3 is 0 Å². The van der Waals surface area contributed by atoms with Gasteiger partial charge < -0.3 is 10.2 Å². The van der Waals surface area contributed by atoms with Gasteiger partial charge in [-0.1, -0.05) is 12.1 Å². The third-order valence-electron chi connectivity index (χ3n) is 3.84. The fourth-order valence-electron chi connectivity index (χ4n) is 2.64. The van der Waals surface area contributed by atoms with Crippen LogP contribution < -0.4 is 5.32 Å². The van der Waals surface area contributed by atoms with Crippen LogP contribution in [0.4, 0.5) is 10.2 Å². The number of hydrogen-bond donors (Lipinski definition) is 1. The predicted molar refractivity (Wildman–Crippen MR) is 85.6 cm³/mol. The Morgan fingerprint density at radius 2 is 1.91 bits per heavy atom. The van der Waals surface area contributed by atoms with Crippen LogP contribution in [0.5, 0.6) is 0 Å². The van der Waals surface area contributed by atoms with Crippen molar-refractivity contribution in [1.29, 1.82) is 0 Å². The highest BCUT2D eigenvalue weighted by Gasteiger charge is 2.21. The zero-order valence-corrected chi connectivity index (χ0v) is 13.1. The van der Waals surface area contributed by atoms with Crippen LogP contribution in [0.2, 0.25) is 0 Å². The van der Waals surface area contributed by atoms with Crippen molar-refractivity contribution in [3.63, 3.8) is 0 Å². The van der Waals surface area contributed by atoms with Crippen molar-refractivity contribution in [3.8, 4) is 0 Å². The molecule has 23 heavy (non-hydrogen) atoms. The van der Waals surface area contributed by atoms with Crippen molar-refractivity contribution in [2.45, 2.75) is 26.3 Å². The number of nitrogens with zero attached hydrogens (tertiary/aromatic N) is 3. The molecule has 3 rings (SSSR count). The largest absolute Gasteiger partial charge is 0.366 e. The lowest BCUT2D eigenvalue weighted by molar-refractivity contribution is 0.0786. The Kier molecular flexibility index (Phi) is 4.50. The highest BCUT2D eigenvalue weighted by Crippen LogP contribution is 2.15. The molecule has 5 nitrogen and oxygen atoms in total. The number of aromatic nitrogens is 2. The molecule has 0 saturated carbocycles. The van der Waals surface area contributed by atoms with E-state index in [4.69, 9.17) is 0 Å². The second kappa shape index (κ2) is 6.73. The monoisotopic (exact) mass is 314 g/mol. The minimum absolute atomic E-state index is 0.0437. The van der Waals surface area contributed by atoms with E-state index < -0.39 is 0 Å². The van der Waals surface area contributed by atoms with Crippen LogP contribution in [0.25, 0.3) is 0 Å². The Hall–Kier alpha value is -2.50. The minimum atomic E-state index is -0.259. The Morgan fingerprint density at radius 1 is 1.22 bits per heavy atom. The average molecular weight is 314 g/mol. The predicted octanol–water partition coefficient (Wildman–Crippen LogP) is 2.77. The molecule has 0 bridgehead atoms. The maximum atomic E-state index is 12.9. The molecule has 1 aromatic heterocycles. The minimum Gasteiger partial charge on any atom is -0.366 e. The van der Waals surface area contributed by atoms with Gasteiger partial charge in [0.25, 0.3) is 5.91 Å². The van der Waals surface area contributed by atoms with Crippen molar-refractivity contribution >= 4 is 11.7 Å². The Labute approximate surface area is 134 Å². The topological polar surface area (TPSA) is 58.1 Å². The Morgan fingerprint density at radius 3 is 2.61 bits per heavy atom. The van der Waals surface area contributed by atoms with Crippen LogP contribution in [-0.2, 0) is 6.54 Å². The number of nitrogens with one attached hydrogen (secondary N) is 1. The molecule has 1 fully saturated rings. The van der Waals surface area contributed by atoms with E-state index in [2.05, 4.69) is 15.3 Å². The first kappa shape index (κ1) is 15.4. The molecule has 1 amide bonds. The number of carbonyl (C=O) groups excluding carboxylic acids is 1. The van der Waals surface area contributed by atoms with Crippen LogP contribution in [0.15, 0.2) is 30.3 Å². The van der Waals surface area contributed by atoms with E-state index in [1.165, 1.54) is 12.1 Å². The molecular formula is C17H19FN4O. The molecule has 2 aromatic rings. The summed E-state index contributed by atoms with van der Waals surface area (Å²) in [5.41, 5.74) is 1.36. The molecule has 1 saturated heterocycles. The van der Waals surface area contributed by atoms with E-state index in [0.29, 0.717) is 23.9 Å². The summed E-state index contributed by atoms with van der Waals surface area (Å²) < 4.78 is 12.9. The third kappa shape index (κ3) is 3.83. The van der Waals surface area contributed by atoms with E-state index in [1.54, 1.807) is 25.1 Å². The van der Waals surface area contributed by atoms with Crippen molar-refractivity contribution in [1.82, 2.24) is 14.9 Å². The summed E-state index contributed by atoms with van der Waals surface area (Å²) in [5, 5.41) is 3.16. The summed E-state index contributed by atoms with van der Waals surface area (Å²) in [6.07, 6.45) is 2.09. The summed E-state index contributed by atoms with van der Waals surface area (Å²) in [6.45, 7) is 3.86. The maximum absolute atomic E-state index is 12.9. The second-order valence-electron chi connectivity index (χ2n) is 5.66. The molecule has 2 heterocycles. The molecule has 0 aliphatic carbocycles.